The molecule has 5 heteroatoms. The zero-order chi connectivity index (χ0) is 12.3. The van der Waals surface area contributed by atoms with Crippen LogP contribution in [0.1, 0.15) is 5.56 Å². The van der Waals surface area contributed by atoms with Crippen LogP contribution in [-0.2, 0) is 6.61 Å². The first-order valence-corrected chi connectivity index (χ1v) is 6.49. The van der Waals surface area contributed by atoms with Crippen LogP contribution < -0.4 is 0 Å². The van der Waals surface area contributed by atoms with E-state index < -0.39 is 0 Å². The second-order valence-corrected chi connectivity index (χ2v) is 5.20. The van der Waals surface area contributed by atoms with Crippen molar-refractivity contribution in [2.75, 3.05) is 0 Å². The smallest absolute Gasteiger partial charge is 0.137 e. The number of rotatable bonds is 3. The van der Waals surface area contributed by atoms with Crippen LogP contribution in [0, 0.1) is 5.82 Å². The Kier molecular flexibility index (Phi) is 4.15. The van der Waals surface area contributed by atoms with Gasteiger partial charge in [0.05, 0.1) is 11.1 Å². The van der Waals surface area contributed by atoms with E-state index in [0.29, 0.717) is 15.5 Å². The van der Waals surface area contributed by atoms with Crippen LogP contribution >= 0.6 is 27.7 Å². The molecule has 0 bridgehead atoms. The van der Waals surface area contributed by atoms with Crippen LogP contribution in [0.25, 0.3) is 0 Å². The highest BCUT2D eigenvalue weighted by atomic mass is 79.9. The molecule has 0 spiro atoms. The van der Waals surface area contributed by atoms with E-state index in [1.807, 2.05) is 6.07 Å². The molecule has 17 heavy (non-hydrogen) atoms. The van der Waals surface area contributed by atoms with Crippen molar-refractivity contribution in [3.63, 3.8) is 0 Å². The molecule has 2 aromatic rings. The van der Waals surface area contributed by atoms with Gasteiger partial charge in [0, 0.05) is 11.1 Å². The standard InChI is InChI=1S/C12H9BrFNOS/c13-9-2-1-5-15-12(9)17-11-4-3-8(7-16)6-10(11)14/h1-6,16H,7H2. The molecule has 1 heterocycles. The minimum Gasteiger partial charge on any atom is -0.392 e. The van der Waals surface area contributed by atoms with Crippen LogP contribution in [0.2, 0.25) is 0 Å². The summed E-state index contributed by atoms with van der Waals surface area (Å²) in [6.07, 6.45) is 1.66. The summed E-state index contributed by atoms with van der Waals surface area (Å²) in [6, 6.07) is 8.34. The maximum absolute atomic E-state index is 13.7. The first-order valence-electron chi connectivity index (χ1n) is 4.88. The van der Waals surface area contributed by atoms with Crippen molar-refractivity contribution in [2.24, 2.45) is 0 Å². The third kappa shape index (κ3) is 3.06. The fraction of sp³-hybridized carbons (Fsp3) is 0.0833. The normalized spacial score (nSPS) is 10.5. The SMILES string of the molecule is OCc1ccc(Sc2ncccc2Br)c(F)c1. The summed E-state index contributed by atoms with van der Waals surface area (Å²) in [6.45, 7) is -0.158. The Morgan fingerprint density at radius 2 is 2.18 bits per heavy atom. The number of pyridine rings is 1. The summed E-state index contributed by atoms with van der Waals surface area (Å²) in [7, 11) is 0. The van der Waals surface area contributed by atoms with Crippen molar-refractivity contribution < 1.29 is 9.50 Å². The molecule has 2 nitrogen and oxygen atoms in total. The molecular weight excluding hydrogens is 305 g/mol. The van der Waals surface area contributed by atoms with Gasteiger partial charge in [0.1, 0.15) is 10.8 Å². The number of hydrogen-bond acceptors (Lipinski definition) is 3. The molecule has 0 saturated carbocycles. The van der Waals surface area contributed by atoms with E-state index in [1.54, 1.807) is 24.4 Å². The fourth-order valence-electron chi connectivity index (χ4n) is 1.28. The van der Waals surface area contributed by atoms with Gasteiger partial charge in [0.2, 0.25) is 0 Å². The van der Waals surface area contributed by atoms with Crippen LogP contribution in [0.4, 0.5) is 4.39 Å². The number of aliphatic hydroxyl groups is 1. The van der Waals surface area contributed by atoms with E-state index in [-0.39, 0.29) is 12.4 Å². The van der Waals surface area contributed by atoms with Gasteiger partial charge in [0.25, 0.3) is 0 Å². The molecule has 0 aliphatic heterocycles. The van der Waals surface area contributed by atoms with Crippen molar-refractivity contribution >= 4 is 27.7 Å². The molecule has 0 aliphatic carbocycles. The second kappa shape index (κ2) is 5.62. The van der Waals surface area contributed by atoms with Crippen LogP contribution in [-0.4, -0.2) is 10.1 Å². The Balaban J connectivity index is 2.28. The van der Waals surface area contributed by atoms with E-state index in [1.165, 1.54) is 17.8 Å². The molecule has 0 fully saturated rings. The molecule has 2 rings (SSSR count). The Hall–Kier alpha value is -0.910. The first kappa shape index (κ1) is 12.5. The van der Waals surface area contributed by atoms with Gasteiger partial charge >= 0.3 is 0 Å². The Morgan fingerprint density at radius 1 is 1.35 bits per heavy atom. The number of halogens is 2. The third-order valence-corrected chi connectivity index (χ3v) is 4.08. The minimum atomic E-state index is -0.348. The highest BCUT2D eigenvalue weighted by Crippen LogP contribution is 2.33. The summed E-state index contributed by atoms with van der Waals surface area (Å²) in [5, 5.41) is 9.60. The highest BCUT2D eigenvalue weighted by Gasteiger charge is 2.08. The van der Waals surface area contributed by atoms with Crippen LogP contribution in [0.15, 0.2) is 50.9 Å². The lowest BCUT2D eigenvalue weighted by Gasteiger charge is -2.05. The summed E-state index contributed by atoms with van der Waals surface area (Å²) in [5.74, 6) is -0.348. The first-order chi connectivity index (χ1) is 8.20. The van der Waals surface area contributed by atoms with Crippen LogP contribution in [0.3, 0.4) is 0 Å². The van der Waals surface area contributed by atoms with Gasteiger partial charge in [-0.15, -0.1) is 0 Å². The topological polar surface area (TPSA) is 33.1 Å². The lowest BCUT2D eigenvalue weighted by Crippen LogP contribution is -1.88. The number of nitrogens with zero attached hydrogens (tertiary/aromatic N) is 1. The molecule has 0 saturated heterocycles. The predicted molar refractivity (Wildman–Crippen MR) is 68.4 cm³/mol. The lowest BCUT2D eigenvalue weighted by atomic mass is 10.2. The zero-order valence-electron chi connectivity index (χ0n) is 8.73. The van der Waals surface area contributed by atoms with Crippen molar-refractivity contribution in [2.45, 2.75) is 16.5 Å². The van der Waals surface area contributed by atoms with E-state index in [2.05, 4.69) is 20.9 Å². The molecule has 88 valence electrons. The lowest BCUT2D eigenvalue weighted by molar-refractivity contribution is 0.281. The van der Waals surface area contributed by atoms with Gasteiger partial charge in [-0.1, -0.05) is 17.8 Å². The second-order valence-electron chi connectivity index (χ2n) is 3.32. The van der Waals surface area contributed by atoms with Gasteiger partial charge in [-0.25, -0.2) is 9.37 Å². The van der Waals surface area contributed by atoms with Crippen LogP contribution in [0.5, 0.6) is 0 Å². The molecule has 0 amide bonds. The van der Waals surface area contributed by atoms with E-state index in [0.717, 1.165) is 4.47 Å². The molecule has 0 radical (unpaired) electrons. The quantitative estimate of drug-likeness (QED) is 0.939. The average Bonchev–Trinajstić information content (AvgIpc) is 2.34. The van der Waals surface area contributed by atoms with E-state index in [9.17, 15) is 4.39 Å². The molecular formula is C12H9BrFNOS. The van der Waals surface area contributed by atoms with Gasteiger partial charge in [0.15, 0.2) is 0 Å². The van der Waals surface area contributed by atoms with Crippen molar-refractivity contribution in [1.82, 2.24) is 4.98 Å². The molecule has 1 aromatic heterocycles. The Labute approximate surface area is 111 Å². The Morgan fingerprint density at radius 3 is 2.82 bits per heavy atom. The van der Waals surface area contributed by atoms with Gasteiger partial charge < -0.3 is 5.11 Å². The Bertz CT molecular complexity index is 536. The molecule has 1 N–H and O–H groups in total. The molecule has 0 aliphatic rings. The van der Waals surface area contributed by atoms with Gasteiger partial charge in [-0.2, -0.15) is 0 Å². The predicted octanol–water partition coefficient (Wildman–Crippen LogP) is 3.63. The summed E-state index contributed by atoms with van der Waals surface area (Å²) < 4.78 is 14.5. The maximum atomic E-state index is 13.7. The van der Waals surface area contributed by atoms with Crippen molar-refractivity contribution in [3.05, 3.63) is 52.4 Å². The highest BCUT2D eigenvalue weighted by molar-refractivity contribution is 9.10. The molecule has 1 aromatic carbocycles. The number of benzene rings is 1. The number of aliphatic hydroxyl groups excluding tert-OH is 1. The molecule has 0 atom stereocenters. The third-order valence-electron chi connectivity index (χ3n) is 2.11. The summed E-state index contributed by atoms with van der Waals surface area (Å²) in [5.41, 5.74) is 0.562. The van der Waals surface area contributed by atoms with Gasteiger partial charge in [-0.05, 0) is 45.8 Å². The molecule has 0 unspecified atom stereocenters. The summed E-state index contributed by atoms with van der Waals surface area (Å²) >= 11 is 4.61. The maximum Gasteiger partial charge on any atom is 0.137 e. The monoisotopic (exact) mass is 313 g/mol. The van der Waals surface area contributed by atoms with E-state index in [4.69, 9.17) is 5.11 Å². The minimum absolute atomic E-state index is 0.158. The number of hydrogen-bond donors (Lipinski definition) is 1. The van der Waals surface area contributed by atoms with Crippen molar-refractivity contribution in [3.8, 4) is 0 Å². The van der Waals surface area contributed by atoms with Crippen molar-refractivity contribution in [1.29, 1.82) is 0 Å². The largest absolute Gasteiger partial charge is 0.392 e. The van der Waals surface area contributed by atoms with Gasteiger partial charge in [-0.3, -0.25) is 0 Å². The average molecular weight is 314 g/mol. The zero-order valence-corrected chi connectivity index (χ0v) is 11.1. The van der Waals surface area contributed by atoms with E-state index >= 15 is 0 Å². The fourth-order valence-corrected chi connectivity index (χ4v) is 2.55. The summed E-state index contributed by atoms with van der Waals surface area (Å²) in [4.78, 5) is 4.64. The number of aromatic nitrogens is 1.